The normalized spacial score (nSPS) is 12.4. The fraction of sp³-hybridized carbons (Fsp3) is 0.200. The van der Waals surface area contributed by atoms with Crippen LogP contribution in [-0.4, -0.2) is 6.54 Å². The van der Waals surface area contributed by atoms with Gasteiger partial charge in [-0.2, -0.15) is 0 Å². The van der Waals surface area contributed by atoms with Gasteiger partial charge in [0.2, 0.25) is 0 Å². The molecule has 0 spiro atoms. The Morgan fingerprint density at radius 1 is 1.05 bits per heavy atom. The molecular formula is C15H13BrF3N. The highest BCUT2D eigenvalue weighted by Gasteiger charge is 2.18. The third-order valence-electron chi connectivity index (χ3n) is 2.96. The van der Waals surface area contributed by atoms with Crippen molar-refractivity contribution in [1.29, 1.82) is 0 Å². The molecule has 20 heavy (non-hydrogen) atoms. The number of hydrogen-bond acceptors (Lipinski definition) is 1. The minimum Gasteiger partial charge on any atom is -0.306 e. The molecule has 0 aliphatic rings. The third-order valence-corrected chi connectivity index (χ3v) is 3.57. The van der Waals surface area contributed by atoms with Crippen molar-refractivity contribution >= 4 is 15.9 Å². The van der Waals surface area contributed by atoms with Crippen LogP contribution in [0, 0.1) is 17.5 Å². The van der Waals surface area contributed by atoms with Gasteiger partial charge in [-0.15, -0.1) is 0 Å². The Bertz CT molecular complexity index is 616. The van der Waals surface area contributed by atoms with E-state index >= 15 is 0 Å². The summed E-state index contributed by atoms with van der Waals surface area (Å²) in [5.41, 5.74) is 1.03. The summed E-state index contributed by atoms with van der Waals surface area (Å²) in [7, 11) is 0. The van der Waals surface area contributed by atoms with Crippen molar-refractivity contribution < 1.29 is 13.2 Å². The lowest BCUT2D eigenvalue weighted by molar-refractivity contribution is 0.540. The lowest BCUT2D eigenvalue weighted by Crippen LogP contribution is -2.23. The highest BCUT2D eigenvalue weighted by atomic mass is 79.9. The largest absolute Gasteiger partial charge is 0.306 e. The maximum atomic E-state index is 13.9. The molecule has 1 atom stereocenters. The fourth-order valence-electron chi connectivity index (χ4n) is 2.04. The van der Waals surface area contributed by atoms with Crippen LogP contribution in [0.15, 0.2) is 40.9 Å². The van der Waals surface area contributed by atoms with E-state index in [0.29, 0.717) is 22.1 Å². The zero-order valence-electron chi connectivity index (χ0n) is 10.8. The minimum absolute atomic E-state index is 0.306. The predicted molar refractivity (Wildman–Crippen MR) is 76.0 cm³/mol. The van der Waals surface area contributed by atoms with Crippen molar-refractivity contribution in [3.63, 3.8) is 0 Å². The molecule has 2 aromatic carbocycles. The SMILES string of the molecule is CCNC(c1ccc(F)c(Br)c1)c1ccc(F)cc1F. The highest BCUT2D eigenvalue weighted by molar-refractivity contribution is 9.10. The second kappa shape index (κ2) is 6.41. The molecule has 0 heterocycles. The van der Waals surface area contributed by atoms with Crippen molar-refractivity contribution in [2.24, 2.45) is 0 Å². The third kappa shape index (κ3) is 3.22. The Balaban J connectivity index is 2.47. The molecule has 0 saturated heterocycles. The van der Waals surface area contributed by atoms with Gasteiger partial charge in [-0.3, -0.25) is 0 Å². The zero-order valence-corrected chi connectivity index (χ0v) is 12.3. The van der Waals surface area contributed by atoms with E-state index in [9.17, 15) is 13.2 Å². The number of nitrogens with one attached hydrogen (secondary N) is 1. The van der Waals surface area contributed by atoms with Gasteiger partial charge in [-0.05, 0) is 46.2 Å². The van der Waals surface area contributed by atoms with Crippen LogP contribution in [0.1, 0.15) is 24.1 Å². The van der Waals surface area contributed by atoms with E-state index in [2.05, 4.69) is 21.2 Å². The van der Waals surface area contributed by atoms with Crippen LogP contribution in [0.3, 0.4) is 0 Å². The Morgan fingerprint density at radius 2 is 1.80 bits per heavy atom. The molecule has 1 N–H and O–H groups in total. The summed E-state index contributed by atoms with van der Waals surface area (Å²) in [4.78, 5) is 0. The van der Waals surface area contributed by atoms with Crippen LogP contribution < -0.4 is 5.32 Å². The van der Waals surface area contributed by atoms with Crippen molar-refractivity contribution in [2.45, 2.75) is 13.0 Å². The van der Waals surface area contributed by atoms with E-state index in [-0.39, 0.29) is 5.82 Å². The summed E-state index contributed by atoms with van der Waals surface area (Å²) in [5.74, 6) is -1.64. The van der Waals surface area contributed by atoms with Crippen LogP contribution in [0.5, 0.6) is 0 Å². The van der Waals surface area contributed by atoms with E-state index in [4.69, 9.17) is 0 Å². The van der Waals surface area contributed by atoms with Gasteiger partial charge in [0.15, 0.2) is 0 Å². The first-order valence-corrected chi connectivity index (χ1v) is 6.95. The molecule has 0 fully saturated rings. The van der Waals surface area contributed by atoms with Gasteiger partial charge in [0.25, 0.3) is 0 Å². The molecule has 0 amide bonds. The highest BCUT2D eigenvalue weighted by Crippen LogP contribution is 2.28. The molecule has 2 rings (SSSR count). The van der Waals surface area contributed by atoms with Crippen LogP contribution in [0.25, 0.3) is 0 Å². The number of rotatable bonds is 4. The van der Waals surface area contributed by atoms with Crippen LogP contribution >= 0.6 is 15.9 Å². The molecule has 0 saturated carbocycles. The van der Waals surface area contributed by atoms with Crippen LogP contribution in [0.4, 0.5) is 13.2 Å². The second-order valence-electron chi connectivity index (χ2n) is 4.33. The fourth-order valence-corrected chi connectivity index (χ4v) is 2.44. The number of hydrogen-bond donors (Lipinski definition) is 1. The summed E-state index contributed by atoms with van der Waals surface area (Å²) in [6.45, 7) is 2.48. The van der Waals surface area contributed by atoms with E-state index in [0.717, 1.165) is 6.07 Å². The Morgan fingerprint density at radius 3 is 2.40 bits per heavy atom. The van der Waals surface area contributed by atoms with Gasteiger partial charge in [-0.25, -0.2) is 13.2 Å². The van der Waals surface area contributed by atoms with Gasteiger partial charge in [0, 0.05) is 11.6 Å². The summed E-state index contributed by atoms with van der Waals surface area (Å²) in [6, 6.07) is 7.47. The molecule has 5 heteroatoms. The summed E-state index contributed by atoms with van der Waals surface area (Å²) in [5, 5.41) is 3.12. The van der Waals surface area contributed by atoms with Gasteiger partial charge in [0.1, 0.15) is 17.5 Å². The van der Waals surface area contributed by atoms with E-state index in [1.165, 1.54) is 18.2 Å². The zero-order chi connectivity index (χ0) is 14.7. The molecule has 0 aliphatic heterocycles. The average molecular weight is 344 g/mol. The van der Waals surface area contributed by atoms with Crippen LogP contribution in [0.2, 0.25) is 0 Å². The molecule has 1 nitrogen and oxygen atoms in total. The molecule has 1 unspecified atom stereocenters. The minimum atomic E-state index is -0.628. The van der Waals surface area contributed by atoms with E-state index < -0.39 is 17.7 Å². The molecule has 2 aromatic rings. The summed E-state index contributed by atoms with van der Waals surface area (Å²) < 4.78 is 40.5. The topological polar surface area (TPSA) is 12.0 Å². The van der Waals surface area contributed by atoms with Crippen molar-refractivity contribution in [1.82, 2.24) is 5.32 Å². The standard InChI is InChI=1S/C15H13BrF3N/c1-2-20-15(9-3-6-13(18)12(16)7-9)11-5-4-10(17)8-14(11)19/h3-8,15,20H,2H2,1H3. The quantitative estimate of drug-likeness (QED) is 0.857. The molecule has 0 radical (unpaired) electrons. The predicted octanol–water partition coefficient (Wildman–Crippen LogP) is 4.57. The maximum absolute atomic E-state index is 13.9. The average Bonchev–Trinajstić information content (AvgIpc) is 2.40. The number of halogens is 4. The molecule has 0 aliphatic carbocycles. The monoisotopic (exact) mass is 343 g/mol. The van der Waals surface area contributed by atoms with E-state index in [1.54, 1.807) is 12.1 Å². The lowest BCUT2D eigenvalue weighted by atomic mass is 9.98. The van der Waals surface area contributed by atoms with Crippen LogP contribution in [-0.2, 0) is 0 Å². The van der Waals surface area contributed by atoms with Gasteiger partial charge < -0.3 is 5.32 Å². The van der Waals surface area contributed by atoms with Gasteiger partial charge in [-0.1, -0.05) is 19.1 Å². The van der Waals surface area contributed by atoms with Gasteiger partial charge in [0.05, 0.1) is 10.5 Å². The molecule has 106 valence electrons. The molecule has 0 aromatic heterocycles. The van der Waals surface area contributed by atoms with Crippen molar-refractivity contribution in [3.8, 4) is 0 Å². The maximum Gasteiger partial charge on any atom is 0.137 e. The lowest BCUT2D eigenvalue weighted by Gasteiger charge is -2.20. The Kier molecular flexibility index (Phi) is 4.83. The summed E-state index contributed by atoms with van der Waals surface area (Å²) in [6.07, 6.45) is 0. The first kappa shape index (κ1) is 15.1. The summed E-state index contributed by atoms with van der Waals surface area (Å²) >= 11 is 3.11. The molecular weight excluding hydrogens is 331 g/mol. The first-order chi connectivity index (χ1) is 9.52. The Hall–Kier alpha value is -1.33. The smallest absolute Gasteiger partial charge is 0.137 e. The van der Waals surface area contributed by atoms with Crippen molar-refractivity contribution in [2.75, 3.05) is 6.54 Å². The number of benzene rings is 2. The van der Waals surface area contributed by atoms with Crippen molar-refractivity contribution in [3.05, 3.63) is 69.4 Å². The first-order valence-electron chi connectivity index (χ1n) is 6.16. The van der Waals surface area contributed by atoms with E-state index in [1.807, 2.05) is 6.92 Å². The Labute approximate surface area is 123 Å². The molecule has 0 bridgehead atoms. The second-order valence-corrected chi connectivity index (χ2v) is 5.18. The van der Waals surface area contributed by atoms with Gasteiger partial charge >= 0.3 is 0 Å².